The number of nitrogens with zero attached hydrogens (tertiary/aromatic N) is 5. The van der Waals surface area contributed by atoms with Crippen molar-refractivity contribution in [3.8, 4) is 5.75 Å². The molecule has 1 aliphatic carbocycles. The van der Waals surface area contributed by atoms with E-state index >= 15 is 0 Å². The molecule has 3 aliphatic rings. The van der Waals surface area contributed by atoms with Crippen LogP contribution >= 0.6 is 0 Å². The Kier molecular flexibility index (Phi) is 5.63. The van der Waals surface area contributed by atoms with Gasteiger partial charge in [0.1, 0.15) is 5.75 Å². The summed E-state index contributed by atoms with van der Waals surface area (Å²) in [5, 5.41) is 0. The van der Waals surface area contributed by atoms with Crippen molar-refractivity contribution in [3.05, 3.63) is 48.1 Å². The minimum Gasteiger partial charge on any atom is -0.492 e. The Morgan fingerprint density at radius 2 is 1.84 bits per heavy atom. The Morgan fingerprint density at radius 3 is 2.41 bits per heavy atom. The fourth-order valence-corrected chi connectivity index (χ4v) is 5.55. The van der Waals surface area contributed by atoms with Gasteiger partial charge in [0.15, 0.2) is 0 Å². The van der Waals surface area contributed by atoms with E-state index in [1.807, 2.05) is 30.6 Å². The van der Waals surface area contributed by atoms with Gasteiger partial charge in [0.05, 0.1) is 24.8 Å². The van der Waals surface area contributed by atoms with Crippen molar-refractivity contribution in [1.29, 1.82) is 0 Å². The maximum atomic E-state index is 11.6. The lowest BCUT2D eigenvalue weighted by atomic mass is 10.1. The first-order valence-corrected chi connectivity index (χ1v) is 13.1. The molecule has 2 aromatic heterocycles. The molecule has 3 atom stereocenters. The number of pyridine rings is 1. The van der Waals surface area contributed by atoms with Crippen LogP contribution < -0.4 is 9.64 Å². The second kappa shape index (κ2) is 8.44. The Balaban J connectivity index is 1.10. The molecule has 2 aromatic rings. The van der Waals surface area contributed by atoms with Crippen LogP contribution in [-0.4, -0.2) is 66.7 Å². The van der Waals surface area contributed by atoms with E-state index in [1.165, 1.54) is 16.1 Å². The van der Waals surface area contributed by atoms with Crippen LogP contribution in [0.15, 0.2) is 36.8 Å². The van der Waals surface area contributed by atoms with Gasteiger partial charge in [0, 0.05) is 44.5 Å². The molecule has 32 heavy (non-hydrogen) atoms. The Hall–Kier alpha value is -2.52. The molecule has 0 aromatic carbocycles. The van der Waals surface area contributed by atoms with Gasteiger partial charge in [0.2, 0.25) is 16.0 Å². The van der Waals surface area contributed by atoms with Crippen molar-refractivity contribution in [3.63, 3.8) is 0 Å². The first kappa shape index (κ1) is 21.3. The fraction of sp³-hybridized carbons (Fsp3) is 0.522. The molecule has 0 radical (unpaired) electrons. The van der Waals surface area contributed by atoms with Gasteiger partial charge in [-0.1, -0.05) is 13.0 Å². The normalized spacial score (nSPS) is 25.4. The van der Waals surface area contributed by atoms with Crippen LogP contribution in [0.25, 0.3) is 5.57 Å². The van der Waals surface area contributed by atoms with Gasteiger partial charge in [-0.05, 0) is 47.9 Å². The van der Waals surface area contributed by atoms with Crippen LogP contribution in [0.3, 0.4) is 0 Å². The smallest absolute Gasteiger partial charge is 0.225 e. The monoisotopic (exact) mass is 455 g/mol. The lowest BCUT2D eigenvalue weighted by Gasteiger charge is -2.23. The van der Waals surface area contributed by atoms with E-state index in [1.54, 1.807) is 6.20 Å². The number of fused-ring (bicyclic) bond motifs is 1. The average molecular weight is 456 g/mol. The van der Waals surface area contributed by atoms with Crippen molar-refractivity contribution in [2.45, 2.75) is 19.8 Å². The molecule has 0 spiro atoms. The molecule has 4 heterocycles. The second-order valence-corrected chi connectivity index (χ2v) is 10.9. The Morgan fingerprint density at radius 1 is 1.09 bits per heavy atom. The number of rotatable bonds is 7. The number of sulfonamides is 1. The summed E-state index contributed by atoms with van der Waals surface area (Å²) in [5.74, 6) is 3.52. The van der Waals surface area contributed by atoms with Crippen molar-refractivity contribution >= 4 is 21.5 Å². The van der Waals surface area contributed by atoms with E-state index in [0.29, 0.717) is 43.9 Å². The minimum absolute atomic E-state index is 0.406. The summed E-state index contributed by atoms with van der Waals surface area (Å²) in [6, 6.07) is 3.92. The highest BCUT2D eigenvalue weighted by Crippen LogP contribution is 2.52. The topological polar surface area (TPSA) is 88.5 Å². The minimum atomic E-state index is -3.14. The number of anilines is 1. The van der Waals surface area contributed by atoms with Gasteiger partial charge in [0.25, 0.3) is 0 Å². The van der Waals surface area contributed by atoms with E-state index in [0.717, 1.165) is 42.5 Å². The van der Waals surface area contributed by atoms with Crippen LogP contribution in [-0.2, 0) is 16.4 Å². The SMILES string of the molecule is CCc1cnc(N2CC3C(COc4ccc(C5=CCN(S(C)(=O)=O)CC5)nc4)[C@@H]3C2)nc1. The van der Waals surface area contributed by atoms with Gasteiger partial charge in [-0.2, -0.15) is 4.31 Å². The third-order valence-electron chi connectivity index (χ3n) is 6.90. The lowest BCUT2D eigenvalue weighted by molar-refractivity contribution is 0.282. The van der Waals surface area contributed by atoms with Crippen molar-refractivity contribution in [2.24, 2.45) is 17.8 Å². The average Bonchev–Trinajstić information content (AvgIpc) is 3.26. The molecule has 0 N–H and O–H groups in total. The third-order valence-corrected chi connectivity index (χ3v) is 8.17. The predicted octanol–water partition coefficient (Wildman–Crippen LogP) is 2.24. The molecule has 0 bridgehead atoms. The zero-order valence-electron chi connectivity index (χ0n) is 18.5. The highest BCUT2D eigenvalue weighted by atomic mass is 32.2. The first-order valence-electron chi connectivity index (χ1n) is 11.2. The van der Waals surface area contributed by atoms with Gasteiger partial charge < -0.3 is 9.64 Å². The number of aromatic nitrogens is 3. The van der Waals surface area contributed by atoms with E-state index < -0.39 is 10.0 Å². The van der Waals surface area contributed by atoms with Gasteiger partial charge in [-0.25, -0.2) is 18.4 Å². The summed E-state index contributed by atoms with van der Waals surface area (Å²) in [6.07, 6.45) is 10.5. The van der Waals surface area contributed by atoms with E-state index in [-0.39, 0.29) is 0 Å². The first-order chi connectivity index (χ1) is 15.4. The van der Waals surface area contributed by atoms with Crippen LogP contribution in [0, 0.1) is 17.8 Å². The number of aryl methyl sites for hydroxylation is 1. The molecule has 1 saturated carbocycles. The molecular weight excluding hydrogens is 426 g/mol. The maximum absolute atomic E-state index is 11.6. The molecule has 8 nitrogen and oxygen atoms in total. The summed E-state index contributed by atoms with van der Waals surface area (Å²) in [7, 11) is -3.14. The number of hydrogen-bond donors (Lipinski definition) is 0. The Labute approximate surface area is 189 Å². The summed E-state index contributed by atoms with van der Waals surface area (Å²) in [6.45, 7) is 5.73. The number of hydrogen-bond acceptors (Lipinski definition) is 7. The molecule has 2 aliphatic heterocycles. The van der Waals surface area contributed by atoms with Crippen molar-refractivity contribution < 1.29 is 13.2 Å². The summed E-state index contributed by atoms with van der Waals surface area (Å²) in [4.78, 5) is 15.8. The summed E-state index contributed by atoms with van der Waals surface area (Å²) >= 11 is 0. The van der Waals surface area contributed by atoms with E-state index in [2.05, 4.69) is 26.8 Å². The van der Waals surface area contributed by atoms with Crippen molar-refractivity contribution in [2.75, 3.05) is 43.9 Å². The van der Waals surface area contributed by atoms with E-state index in [9.17, 15) is 8.42 Å². The van der Waals surface area contributed by atoms with Crippen LogP contribution in [0.1, 0.15) is 24.6 Å². The predicted molar refractivity (Wildman–Crippen MR) is 123 cm³/mol. The van der Waals surface area contributed by atoms with Crippen LogP contribution in [0.2, 0.25) is 0 Å². The molecule has 9 heteroatoms. The highest BCUT2D eigenvalue weighted by Gasteiger charge is 2.56. The molecule has 170 valence electrons. The largest absolute Gasteiger partial charge is 0.492 e. The molecule has 2 fully saturated rings. The Bertz CT molecular complexity index is 1090. The fourth-order valence-electron chi connectivity index (χ4n) is 4.79. The molecule has 0 amide bonds. The summed E-state index contributed by atoms with van der Waals surface area (Å²) in [5.41, 5.74) is 3.14. The molecule has 1 saturated heterocycles. The summed E-state index contributed by atoms with van der Waals surface area (Å²) < 4.78 is 30.8. The quantitative estimate of drug-likeness (QED) is 0.633. The zero-order valence-corrected chi connectivity index (χ0v) is 19.3. The van der Waals surface area contributed by atoms with Gasteiger partial charge in [-0.15, -0.1) is 0 Å². The standard InChI is InChI=1S/C23H29N5O3S/c1-3-16-10-25-23(26-11-16)27-13-19-20(14-27)21(19)15-31-18-4-5-22(24-12-18)17-6-8-28(9-7-17)32(2,29)30/h4-6,10-12,19-21H,3,7-9,13-15H2,1-2H3/t19-,20?,21?/m1/s1. The van der Waals surface area contributed by atoms with Gasteiger partial charge in [-0.3, -0.25) is 4.98 Å². The highest BCUT2D eigenvalue weighted by molar-refractivity contribution is 7.88. The number of ether oxygens (including phenoxy) is 1. The maximum Gasteiger partial charge on any atom is 0.225 e. The number of piperidine rings is 1. The van der Waals surface area contributed by atoms with Crippen molar-refractivity contribution in [1.82, 2.24) is 19.3 Å². The van der Waals surface area contributed by atoms with Crippen LogP contribution in [0.4, 0.5) is 5.95 Å². The zero-order chi connectivity index (χ0) is 22.3. The second-order valence-electron chi connectivity index (χ2n) is 8.93. The third kappa shape index (κ3) is 4.36. The molecule has 5 rings (SSSR count). The van der Waals surface area contributed by atoms with Crippen LogP contribution in [0.5, 0.6) is 5.75 Å². The molecule has 2 unspecified atom stereocenters. The lowest BCUT2D eigenvalue weighted by Crippen LogP contribution is -2.33. The van der Waals surface area contributed by atoms with E-state index in [4.69, 9.17) is 4.74 Å². The van der Waals surface area contributed by atoms with Gasteiger partial charge >= 0.3 is 0 Å². The molecular formula is C23H29N5O3S.